The molecule has 0 aliphatic carbocycles. The third kappa shape index (κ3) is 4.55. The van der Waals surface area contributed by atoms with Gasteiger partial charge < -0.3 is 9.64 Å². The van der Waals surface area contributed by atoms with Gasteiger partial charge in [-0.1, -0.05) is 0 Å². The fourth-order valence-corrected chi connectivity index (χ4v) is 2.62. The molecular formula is C16H22N2O3. The van der Waals surface area contributed by atoms with E-state index in [1.54, 1.807) is 24.2 Å². The molecule has 1 fully saturated rings. The number of hydrogen-bond acceptors (Lipinski definition) is 4. The van der Waals surface area contributed by atoms with Gasteiger partial charge in [0.2, 0.25) is 5.91 Å². The first-order valence-electron chi connectivity index (χ1n) is 7.54. The molecule has 1 atom stereocenters. The highest BCUT2D eigenvalue weighted by molar-refractivity contribution is 5.78. The number of likely N-dealkylation sites (tertiary alicyclic amines) is 1. The molecule has 1 aromatic rings. The zero-order valence-corrected chi connectivity index (χ0v) is 12.5. The van der Waals surface area contributed by atoms with E-state index >= 15 is 0 Å². The summed E-state index contributed by atoms with van der Waals surface area (Å²) in [6, 6.07) is 3.84. The van der Waals surface area contributed by atoms with E-state index in [9.17, 15) is 9.59 Å². The van der Waals surface area contributed by atoms with Crippen LogP contribution in [0.3, 0.4) is 0 Å². The number of pyridine rings is 1. The first-order valence-corrected chi connectivity index (χ1v) is 7.54. The standard InChI is InChI=1S/C16H22N2O3/c1-2-21-16(20)14-4-3-11-18(12-14)15(19)6-5-13-7-9-17-10-8-13/h7-10,14H,2-6,11-12H2,1H3/t14-/m0/s1. The quantitative estimate of drug-likeness (QED) is 0.776. The summed E-state index contributed by atoms with van der Waals surface area (Å²) < 4.78 is 5.05. The number of hydrogen-bond donors (Lipinski definition) is 0. The second-order valence-electron chi connectivity index (χ2n) is 5.29. The van der Waals surface area contributed by atoms with Crippen LogP contribution in [0.1, 0.15) is 31.7 Å². The highest BCUT2D eigenvalue weighted by Gasteiger charge is 2.28. The molecule has 2 rings (SSSR count). The SMILES string of the molecule is CCOC(=O)[C@H]1CCCN(C(=O)CCc2ccncc2)C1. The predicted molar refractivity (Wildman–Crippen MR) is 78.5 cm³/mol. The fourth-order valence-electron chi connectivity index (χ4n) is 2.62. The Balaban J connectivity index is 1.83. The molecule has 0 bridgehead atoms. The molecule has 1 aliphatic rings. The first kappa shape index (κ1) is 15.5. The van der Waals surface area contributed by atoms with Crippen molar-refractivity contribution in [1.82, 2.24) is 9.88 Å². The monoisotopic (exact) mass is 290 g/mol. The summed E-state index contributed by atoms with van der Waals surface area (Å²) in [4.78, 5) is 29.8. The lowest BCUT2D eigenvalue weighted by molar-refractivity contribution is -0.151. The van der Waals surface area contributed by atoms with Crippen LogP contribution in [0.4, 0.5) is 0 Å². The van der Waals surface area contributed by atoms with E-state index in [0.717, 1.165) is 24.9 Å². The van der Waals surface area contributed by atoms with Gasteiger partial charge in [-0.25, -0.2) is 0 Å². The van der Waals surface area contributed by atoms with E-state index in [1.807, 2.05) is 12.1 Å². The number of aryl methyl sites for hydroxylation is 1. The van der Waals surface area contributed by atoms with Crippen molar-refractivity contribution < 1.29 is 14.3 Å². The molecular weight excluding hydrogens is 268 g/mol. The molecule has 1 saturated heterocycles. The largest absolute Gasteiger partial charge is 0.466 e. The van der Waals surface area contributed by atoms with Crippen molar-refractivity contribution in [3.05, 3.63) is 30.1 Å². The Morgan fingerprint density at radius 2 is 2.14 bits per heavy atom. The van der Waals surface area contributed by atoms with Gasteiger partial charge in [-0.2, -0.15) is 0 Å². The summed E-state index contributed by atoms with van der Waals surface area (Å²) in [7, 11) is 0. The van der Waals surface area contributed by atoms with Crippen molar-refractivity contribution >= 4 is 11.9 Å². The number of nitrogens with zero attached hydrogens (tertiary/aromatic N) is 2. The molecule has 2 heterocycles. The van der Waals surface area contributed by atoms with Crippen molar-refractivity contribution in [2.75, 3.05) is 19.7 Å². The zero-order valence-electron chi connectivity index (χ0n) is 12.5. The van der Waals surface area contributed by atoms with Crippen LogP contribution >= 0.6 is 0 Å². The van der Waals surface area contributed by atoms with Gasteiger partial charge in [0, 0.05) is 31.9 Å². The average Bonchev–Trinajstić information content (AvgIpc) is 2.54. The van der Waals surface area contributed by atoms with Gasteiger partial charge in [-0.15, -0.1) is 0 Å². The summed E-state index contributed by atoms with van der Waals surface area (Å²) in [5.74, 6) is -0.228. The van der Waals surface area contributed by atoms with Gasteiger partial charge in [-0.3, -0.25) is 14.6 Å². The summed E-state index contributed by atoms with van der Waals surface area (Å²) in [6.45, 7) is 3.43. The van der Waals surface area contributed by atoms with Crippen molar-refractivity contribution in [2.45, 2.75) is 32.6 Å². The fraction of sp³-hybridized carbons (Fsp3) is 0.562. The predicted octanol–water partition coefficient (Wildman–Crippen LogP) is 1.82. The Morgan fingerprint density at radius 3 is 2.86 bits per heavy atom. The Labute approximate surface area is 125 Å². The normalized spacial score (nSPS) is 18.3. The molecule has 1 aromatic heterocycles. The molecule has 0 unspecified atom stereocenters. The minimum absolute atomic E-state index is 0.112. The minimum Gasteiger partial charge on any atom is -0.466 e. The lowest BCUT2D eigenvalue weighted by Gasteiger charge is -2.31. The van der Waals surface area contributed by atoms with E-state index < -0.39 is 0 Å². The molecule has 0 radical (unpaired) electrons. The summed E-state index contributed by atoms with van der Waals surface area (Å²) in [5, 5.41) is 0. The van der Waals surface area contributed by atoms with E-state index in [0.29, 0.717) is 26.0 Å². The van der Waals surface area contributed by atoms with E-state index in [-0.39, 0.29) is 17.8 Å². The topological polar surface area (TPSA) is 59.5 Å². The molecule has 1 aliphatic heterocycles. The number of esters is 1. The molecule has 0 saturated carbocycles. The maximum absolute atomic E-state index is 12.3. The number of carbonyl (C=O) groups excluding carboxylic acids is 2. The Morgan fingerprint density at radius 1 is 1.38 bits per heavy atom. The maximum Gasteiger partial charge on any atom is 0.310 e. The highest BCUT2D eigenvalue weighted by Crippen LogP contribution is 2.19. The van der Waals surface area contributed by atoms with Gasteiger partial charge in [0.15, 0.2) is 0 Å². The highest BCUT2D eigenvalue weighted by atomic mass is 16.5. The molecule has 0 aromatic carbocycles. The molecule has 5 nitrogen and oxygen atoms in total. The number of carbonyl (C=O) groups is 2. The number of aromatic nitrogens is 1. The van der Waals surface area contributed by atoms with Crippen molar-refractivity contribution in [1.29, 1.82) is 0 Å². The van der Waals surface area contributed by atoms with Crippen LogP contribution in [0.2, 0.25) is 0 Å². The summed E-state index contributed by atoms with van der Waals surface area (Å²) in [6.07, 6.45) is 6.33. The van der Waals surface area contributed by atoms with E-state index in [1.165, 1.54) is 0 Å². The van der Waals surface area contributed by atoms with Crippen LogP contribution in [0, 0.1) is 5.92 Å². The molecule has 1 amide bonds. The van der Waals surface area contributed by atoms with Gasteiger partial charge in [0.1, 0.15) is 0 Å². The van der Waals surface area contributed by atoms with Crippen molar-refractivity contribution in [2.24, 2.45) is 5.92 Å². The molecule has 0 N–H and O–H groups in total. The van der Waals surface area contributed by atoms with E-state index in [4.69, 9.17) is 4.74 Å². The van der Waals surface area contributed by atoms with Gasteiger partial charge >= 0.3 is 5.97 Å². The molecule has 21 heavy (non-hydrogen) atoms. The van der Waals surface area contributed by atoms with Crippen LogP contribution in [-0.2, 0) is 20.7 Å². The lowest BCUT2D eigenvalue weighted by Crippen LogP contribution is -2.42. The van der Waals surface area contributed by atoms with Gasteiger partial charge in [0.25, 0.3) is 0 Å². The second kappa shape index (κ2) is 7.76. The maximum atomic E-state index is 12.3. The van der Waals surface area contributed by atoms with Crippen molar-refractivity contribution in [3.8, 4) is 0 Å². The van der Waals surface area contributed by atoms with Crippen LogP contribution in [0.5, 0.6) is 0 Å². The van der Waals surface area contributed by atoms with Crippen LogP contribution in [-0.4, -0.2) is 41.5 Å². The van der Waals surface area contributed by atoms with Gasteiger partial charge in [0.05, 0.1) is 12.5 Å². The third-order valence-electron chi connectivity index (χ3n) is 3.77. The smallest absolute Gasteiger partial charge is 0.310 e. The Bertz CT molecular complexity index is 476. The lowest BCUT2D eigenvalue weighted by atomic mass is 9.97. The summed E-state index contributed by atoms with van der Waals surface area (Å²) in [5.41, 5.74) is 1.11. The second-order valence-corrected chi connectivity index (χ2v) is 5.29. The zero-order chi connectivity index (χ0) is 15.1. The Hall–Kier alpha value is -1.91. The Kier molecular flexibility index (Phi) is 5.72. The number of amides is 1. The number of piperidine rings is 1. The molecule has 0 spiro atoms. The molecule has 114 valence electrons. The average molecular weight is 290 g/mol. The number of rotatable bonds is 5. The third-order valence-corrected chi connectivity index (χ3v) is 3.77. The van der Waals surface area contributed by atoms with Crippen LogP contribution in [0.15, 0.2) is 24.5 Å². The molecule has 5 heteroatoms. The first-order chi connectivity index (χ1) is 10.2. The minimum atomic E-state index is -0.177. The number of ether oxygens (including phenoxy) is 1. The summed E-state index contributed by atoms with van der Waals surface area (Å²) >= 11 is 0. The van der Waals surface area contributed by atoms with Gasteiger partial charge in [-0.05, 0) is 43.9 Å². The van der Waals surface area contributed by atoms with Crippen molar-refractivity contribution in [3.63, 3.8) is 0 Å². The van der Waals surface area contributed by atoms with E-state index in [2.05, 4.69) is 4.98 Å². The van der Waals surface area contributed by atoms with Crippen LogP contribution in [0.25, 0.3) is 0 Å². The van der Waals surface area contributed by atoms with Crippen LogP contribution < -0.4 is 0 Å².